The Morgan fingerprint density at radius 3 is 2.17 bits per heavy atom. The van der Waals surface area contributed by atoms with E-state index in [4.69, 9.17) is 4.84 Å². The van der Waals surface area contributed by atoms with E-state index in [-0.39, 0.29) is 11.1 Å². The highest BCUT2D eigenvalue weighted by molar-refractivity contribution is 6.93. The zero-order chi connectivity index (χ0) is 17.1. The van der Waals surface area contributed by atoms with Crippen LogP contribution in [0.2, 0.25) is 13.1 Å². The van der Waals surface area contributed by atoms with Gasteiger partial charge < -0.3 is 0 Å². The van der Waals surface area contributed by atoms with Crippen LogP contribution >= 0.6 is 0 Å². The molecule has 0 N–H and O–H groups in total. The first-order valence-electron chi connectivity index (χ1n) is 8.82. The highest BCUT2D eigenvalue weighted by Crippen LogP contribution is 2.38. The number of piperidine rings is 1. The number of hydroxylamine groups is 2. The minimum atomic E-state index is -1.52. The van der Waals surface area contributed by atoms with Crippen LogP contribution in [0.15, 0.2) is 42.1 Å². The highest BCUT2D eigenvalue weighted by atomic mass is 28.3. The maximum absolute atomic E-state index is 6.21. The monoisotopic (exact) mass is 331 g/mol. The molecular weight excluding hydrogens is 298 g/mol. The van der Waals surface area contributed by atoms with Crippen LogP contribution in [0, 0.1) is 0 Å². The van der Waals surface area contributed by atoms with Gasteiger partial charge in [-0.05, 0) is 47.0 Å². The van der Waals surface area contributed by atoms with Crippen molar-refractivity contribution < 1.29 is 4.84 Å². The highest BCUT2D eigenvalue weighted by Gasteiger charge is 2.42. The minimum absolute atomic E-state index is 0.113. The van der Waals surface area contributed by atoms with Crippen LogP contribution < -0.4 is 5.19 Å². The molecule has 1 aromatic carbocycles. The van der Waals surface area contributed by atoms with Crippen molar-refractivity contribution in [1.82, 2.24) is 5.06 Å². The zero-order valence-electron chi connectivity index (χ0n) is 15.7. The first-order valence-corrected chi connectivity index (χ1v) is 11.9. The lowest BCUT2D eigenvalue weighted by Gasteiger charge is -2.51. The number of benzene rings is 1. The second-order valence-corrected chi connectivity index (χ2v) is 12.9. The predicted octanol–water partition coefficient (Wildman–Crippen LogP) is 4.67. The molecule has 1 aromatic rings. The molecule has 1 aliphatic rings. The molecule has 1 saturated heterocycles. The molecule has 0 radical (unpaired) electrons. The quantitative estimate of drug-likeness (QED) is 0.727. The van der Waals surface area contributed by atoms with E-state index in [2.05, 4.69) is 88.0 Å². The van der Waals surface area contributed by atoms with E-state index < -0.39 is 8.07 Å². The Morgan fingerprint density at radius 1 is 1.04 bits per heavy atom. The van der Waals surface area contributed by atoms with Crippen molar-refractivity contribution in [3.05, 3.63) is 42.1 Å². The molecule has 2 nitrogen and oxygen atoms in total. The Labute approximate surface area is 143 Å². The lowest BCUT2D eigenvalue weighted by Crippen LogP contribution is -2.58. The Balaban J connectivity index is 1.98. The fourth-order valence-electron chi connectivity index (χ4n) is 3.75. The van der Waals surface area contributed by atoms with Gasteiger partial charge in [-0.15, -0.1) is 0 Å². The molecule has 1 fully saturated rings. The molecule has 0 aromatic heterocycles. The van der Waals surface area contributed by atoms with E-state index in [9.17, 15) is 0 Å². The van der Waals surface area contributed by atoms with Crippen LogP contribution in [0.1, 0.15) is 47.0 Å². The average molecular weight is 332 g/mol. The van der Waals surface area contributed by atoms with E-state index in [1.165, 1.54) is 24.4 Å². The summed E-state index contributed by atoms with van der Waals surface area (Å²) in [5.74, 6) is 0. The van der Waals surface area contributed by atoms with Gasteiger partial charge in [0.2, 0.25) is 0 Å². The number of nitrogens with zero attached hydrogens (tertiary/aromatic N) is 1. The van der Waals surface area contributed by atoms with Gasteiger partial charge in [-0.3, -0.25) is 4.84 Å². The second kappa shape index (κ2) is 6.92. The van der Waals surface area contributed by atoms with Crippen LogP contribution in [0.4, 0.5) is 0 Å². The number of rotatable bonds is 5. The topological polar surface area (TPSA) is 12.5 Å². The van der Waals surface area contributed by atoms with E-state index in [1.807, 2.05) is 0 Å². The van der Waals surface area contributed by atoms with E-state index in [1.54, 1.807) is 0 Å². The van der Waals surface area contributed by atoms with Gasteiger partial charge in [0.15, 0.2) is 0 Å². The van der Waals surface area contributed by atoms with Gasteiger partial charge in [0, 0.05) is 11.1 Å². The molecule has 3 heteroatoms. The molecule has 1 heterocycles. The van der Waals surface area contributed by atoms with Gasteiger partial charge >= 0.3 is 0 Å². The molecule has 1 aliphatic heterocycles. The summed E-state index contributed by atoms with van der Waals surface area (Å²) in [6.07, 6.45) is 5.90. The Hall–Kier alpha value is -0.903. The molecule has 0 bridgehead atoms. The normalized spacial score (nSPS) is 21.7. The molecule has 0 saturated carbocycles. The molecule has 0 aliphatic carbocycles. The largest absolute Gasteiger partial charge is 0.294 e. The fourth-order valence-corrected chi connectivity index (χ4v) is 5.68. The predicted molar refractivity (Wildman–Crippen MR) is 102 cm³/mol. The fraction of sp³-hybridized carbons (Fsp3) is 0.600. The van der Waals surface area contributed by atoms with Crippen LogP contribution in [0.3, 0.4) is 0 Å². The first-order chi connectivity index (χ1) is 10.7. The van der Waals surface area contributed by atoms with Crippen molar-refractivity contribution in [2.24, 2.45) is 0 Å². The van der Waals surface area contributed by atoms with Crippen LogP contribution in [0.5, 0.6) is 0 Å². The second-order valence-electron chi connectivity index (χ2n) is 8.56. The third kappa shape index (κ3) is 4.56. The molecule has 0 atom stereocenters. The summed E-state index contributed by atoms with van der Waals surface area (Å²) in [7, 11) is -1.52. The number of hydrogen-bond donors (Lipinski definition) is 0. The summed E-state index contributed by atoms with van der Waals surface area (Å²) < 4.78 is 0. The Morgan fingerprint density at radius 2 is 1.61 bits per heavy atom. The van der Waals surface area contributed by atoms with Gasteiger partial charge in [-0.25, -0.2) is 0 Å². The van der Waals surface area contributed by atoms with Crippen molar-refractivity contribution in [2.75, 3.05) is 6.61 Å². The molecule has 0 unspecified atom stereocenters. The zero-order valence-corrected chi connectivity index (χ0v) is 16.7. The van der Waals surface area contributed by atoms with Crippen molar-refractivity contribution in [3.8, 4) is 0 Å². The van der Waals surface area contributed by atoms with Crippen LogP contribution in [-0.2, 0) is 4.84 Å². The van der Waals surface area contributed by atoms with E-state index in [0.29, 0.717) is 6.61 Å². The average Bonchev–Trinajstić information content (AvgIpc) is 2.45. The summed E-state index contributed by atoms with van der Waals surface area (Å²) in [5.41, 5.74) is 2.62. The van der Waals surface area contributed by atoms with E-state index in [0.717, 1.165) is 0 Å². The maximum atomic E-state index is 6.21. The molecule has 0 amide bonds. The van der Waals surface area contributed by atoms with Crippen molar-refractivity contribution in [3.63, 3.8) is 0 Å². The van der Waals surface area contributed by atoms with Crippen LogP contribution in [0.25, 0.3) is 0 Å². The lowest BCUT2D eigenvalue weighted by molar-refractivity contribution is -0.274. The van der Waals surface area contributed by atoms with Gasteiger partial charge in [0.1, 0.15) is 8.07 Å². The lowest BCUT2D eigenvalue weighted by atomic mass is 9.82. The minimum Gasteiger partial charge on any atom is -0.294 e. The molecule has 2 rings (SSSR count). The maximum Gasteiger partial charge on any atom is 0.103 e. The molecule has 0 spiro atoms. The van der Waals surface area contributed by atoms with Crippen molar-refractivity contribution >= 4 is 13.3 Å². The Bertz CT molecular complexity index is 518. The molecular formula is C20H33NOSi. The first kappa shape index (κ1) is 18.4. The summed E-state index contributed by atoms with van der Waals surface area (Å²) in [5, 5.41) is 3.71. The third-order valence-electron chi connectivity index (χ3n) is 5.03. The summed E-state index contributed by atoms with van der Waals surface area (Å²) in [6.45, 7) is 14.6. The SMILES string of the molecule is CC1(C)CCCC(C)(C)N1OC/C=C/[Si](C)(C)c1ccccc1. The van der Waals surface area contributed by atoms with Gasteiger partial charge in [0.25, 0.3) is 0 Å². The summed E-state index contributed by atoms with van der Waals surface area (Å²) in [4.78, 5) is 6.21. The molecule has 23 heavy (non-hydrogen) atoms. The Kier molecular flexibility index (Phi) is 5.54. The summed E-state index contributed by atoms with van der Waals surface area (Å²) >= 11 is 0. The van der Waals surface area contributed by atoms with E-state index >= 15 is 0 Å². The smallest absolute Gasteiger partial charge is 0.103 e. The van der Waals surface area contributed by atoms with Gasteiger partial charge in [0.05, 0.1) is 6.61 Å². The standard InChI is InChI=1S/C20H33NOSi/c1-19(2)14-10-15-20(3,4)21(19)22-16-11-17-23(5,6)18-12-8-7-9-13-18/h7-9,11-13,17H,10,14-16H2,1-6H3/b17-11+. The van der Waals surface area contributed by atoms with Gasteiger partial charge in [-0.1, -0.05) is 60.4 Å². The summed E-state index contributed by atoms with van der Waals surface area (Å²) in [6, 6.07) is 10.8. The third-order valence-corrected chi connectivity index (χ3v) is 7.92. The molecule has 128 valence electrons. The van der Waals surface area contributed by atoms with Crippen molar-refractivity contribution in [2.45, 2.75) is 71.1 Å². The van der Waals surface area contributed by atoms with Crippen molar-refractivity contribution in [1.29, 1.82) is 0 Å². The number of hydrogen-bond acceptors (Lipinski definition) is 2. The van der Waals surface area contributed by atoms with Crippen LogP contribution in [-0.4, -0.2) is 30.8 Å². The van der Waals surface area contributed by atoms with Gasteiger partial charge in [-0.2, -0.15) is 5.06 Å².